The number of unbranched alkanes of at least 4 members (excludes halogenated alkanes) is 1. The first-order valence-electron chi connectivity index (χ1n) is 18.2. The molecule has 2 heterocycles. The van der Waals surface area contributed by atoms with Crippen LogP contribution in [0.2, 0.25) is 0 Å². The van der Waals surface area contributed by atoms with Crippen molar-refractivity contribution in [3.63, 3.8) is 0 Å². The van der Waals surface area contributed by atoms with Crippen LogP contribution >= 0.6 is 0 Å². The topological polar surface area (TPSA) is 145 Å². The number of fused-ring (bicyclic) bond motifs is 2. The van der Waals surface area contributed by atoms with Gasteiger partial charge in [0.25, 0.3) is 0 Å². The van der Waals surface area contributed by atoms with Crippen molar-refractivity contribution in [1.82, 2.24) is 15.6 Å². The number of ether oxygens (including phenoxy) is 4. The lowest BCUT2D eigenvalue weighted by atomic mass is 9.97. The van der Waals surface area contributed by atoms with Crippen molar-refractivity contribution in [1.29, 1.82) is 0 Å². The number of benzene rings is 3. The van der Waals surface area contributed by atoms with E-state index in [0.717, 1.165) is 41.3 Å². The smallest absolute Gasteiger partial charge is 0.408 e. The molecule has 1 saturated heterocycles. The number of carboxylic acid groups (broad SMARTS) is 1. The maximum atomic E-state index is 12.7. The summed E-state index contributed by atoms with van der Waals surface area (Å²) in [4.78, 5) is 41.8. The van der Waals surface area contributed by atoms with Crippen molar-refractivity contribution in [3.05, 3.63) is 101 Å². The summed E-state index contributed by atoms with van der Waals surface area (Å²) in [5.41, 5.74) is 4.51. The number of aromatic nitrogens is 1. The quantitative estimate of drug-likeness (QED) is 0.0908. The van der Waals surface area contributed by atoms with E-state index in [1.165, 1.54) is 7.11 Å². The molecule has 7 rings (SSSR count). The van der Waals surface area contributed by atoms with E-state index in [0.29, 0.717) is 61.5 Å². The predicted octanol–water partition coefficient (Wildman–Crippen LogP) is 5.60. The highest BCUT2D eigenvalue weighted by atomic mass is 16.6. The molecule has 5 unspecified atom stereocenters. The number of carbonyl (C=O) groups is 3. The zero-order chi connectivity index (χ0) is 36.7. The number of aliphatic carboxylic acids is 1. The van der Waals surface area contributed by atoms with Gasteiger partial charge in [-0.15, -0.1) is 0 Å². The molecule has 53 heavy (non-hydrogen) atoms. The standard InChI is InChI=1S/C42H43N3O8/c1-50-41(48)35-23-31(24-43-35)52-39-33(38(32-17-10-11-19-34(32)44-39)51-25-26-12-4-2-5-13-26)18-7-3-6-16-29-22-36(29)53-42(49)45-37(40(46)47)30-20-27-14-8-9-15-28(27)21-30/h2,4-5,8-15,17,19,29-31,35-37,43H,3,6,16,20-25H2,1H3,(H,45,49)(H,46,47). The second kappa shape index (κ2) is 16.4. The third-order valence-corrected chi connectivity index (χ3v) is 10.2. The first-order valence-corrected chi connectivity index (χ1v) is 18.2. The molecule has 274 valence electrons. The highest BCUT2D eigenvalue weighted by Gasteiger charge is 2.41. The average molecular weight is 718 g/mol. The highest BCUT2D eigenvalue weighted by molar-refractivity contribution is 5.89. The fourth-order valence-corrected chi connectivity index (χ4v) is 7.29. The Morgan fingerprint density at radius 3 is 2.47 bits per heavy atom. The number of alkyl carbamates (subject to hydrolysis) is 1. The largest absolute Gasteiger partial charge is 0.487 e. The van der Waals surface area contributed by atoms with Crippen LogP contribution in [0.3, 0.4) is 0 Å². The Labute approximate surface area is 308 Å². The van der Waals surface area contributed by atoms with Crippen molar-refractivity contribution >= 4 is 28.9 Å². The number of hydrogen-bond acceptors (Lipinski definition) is 9. The van der Waals surface area contributed by atoms with E-state index in [9.17, 15) is 19.5 Å². The van der Waals surface area contributed by atoms with Crippen molar-refractivity contribution in [2.24, 2.45) is 11.8 Å². The molecular weight excluding hydrogens is 674 g/mol. The van der Waals surface area contributed by atoms with Gasteiger partial charge in [0.15, 0.2) is 0 Å². The molecule has 1 amide bonds. The average Bonchev–Trinajstić information content (AvgIpc) is 3.51. The summed E-state index contributed by atoms with van der Waals surface area (Å²) in [6.45, 7) is 0.784. The van der Waals surface area contributed by atoms with Gasteiger partial charge in [0.05, 0.1) is 12.6 Å². The number of carboxylic acids is 1. The molecule has 4 aromatic rings. The van der Waals surface area contributed by atoms with E-state index in [2.05, 4.69) is 22.5 Å². The van der Waals surface area contributed by atoms with Crippen LogP contribution in [0.25, 0.3) is 10.9 Å². The Balaban J connectivity index is 0.985. The number of hydrogen-bond donors (Lipinski definition) is 3. The van der Waals surface area contributed by atoms with E-state index in [1.807, 2.05) is 78.9 Å². The minimum Gasteiger partial charge on any atom is -0.487 e. The summed E-state index contributed by atoms with van der Waals surface area (Å²) in [6.07, 6.45) is 3.31. The molecule has 5 atom stereocenters. The molecule has 0 radical (unpaired) electrons. The van der Waals surface area contributed by atoms with Gasteiger partial charge in [0.1, 0.15) is 42.2 Å². The molecule has 2 aliphatic carbocycles. The molecule has 0 bridgehead atoms. The Bertz CT molecular complexity index is 2000. The number of carbonyl (C=O) groups excluding carboxylic acids is 2. The Morgan fingerprint density at radius 2 is 1.72 bits per heavy atom. The lowest BCUT2D eigenvalue weighted by molar-refractivity contribution is -0.143. The van der Waals surface area contributed by atoms with E-state index >= 15 is 0 Å². The van der Waals surface area contributed by atoms with Crippen LogP contribution in [0.15, 0.2) is 78.9 Å². The van der Waals surface area contributed by atoms with Crippen LogP contribution in [0, 0.1) is 23.7 Å². The number of para-hydroxylation sites is 1. The molecule has 2 fully saturated rings. The summed E-state index contributed by atoms with van der Waals surface area (Å²) < 4.78 is 23.4. The summed E-state index contributed by atoms with van der Waals surface area (Å²) in [5, 5.41) is 16.5. The van der Waals surface area contributed by atoms with E-state index in [-0.39, 0.29) is 30.0 Å². The molecular formula is C42H43N3O8. The van der Waals surface area contributed by atoms with Crippen LogP contribution in [0.4, 0.5) is 4.79 Å². The monoisotopic (exact) mass is 717 g/mol. The molecule has 3 aliphatic rings. The first-order chi connectivity index (χ1) is 25.9. The molecule has 1 saturated carbocycles. The fourth-order valence-electron chi connectivity index (χ4n) is 7.29. The number of rotatable bonds is 13. The maximum absolute atomic E-state index is 12.7. The van der Waals surface area contributed by atoms with Crippen molar-refractivity contribution in [2.75, 3.05) is 13.7 Å². The lowest BCUT2D eigenvalue weighted by Gasteiger charge is -2.20. The van der Waals surface area contributed by atoms with Crippen LogP contribution in [-0.2, 0) is 38.5 Å². The number of pyridine rings is 1. The van der Waals surface area contributed by atoms with Crippen LogP contribution in [-0.4, -0.2) is 66.1 Å². The molecule has 11 heteroatoms. The lowest BCUT2D eigenvalue weighted by Crippen LogP contribution is -2.46. The summed E-state index contributed by atoms with van der Waals surface area (Å²) >= 11 is 0. The van der Waals surface area contributed by atoms with Gasteiger partial charge in [-0.3, -0.25) is 4.79 Å². The van der Waals surface area contributed by atoms with Crippen LogP contribution in [0.5, 0.6) is 11.6 Å². The highest BCUT2D eigenvalue weighted by Crippen LogP contribution is 2.39. The zero-order valence-electron chi connectivity index (χ0n) is 29.6. The van der Waals surface area contributed by atoms with Gasteiger partial charge in [-0.1, -0.05) is 78.6 Å². The number of nitrogens with one attached hydrogen (secondary N) is 2. The SMILES string of the molecule is COC(=O)C1CC(Oc2nc3ccccc3c(OCc3ccccc3)c2C#CCCCC2CC2OC(=O)NC(C(=O)O)C2Cc3ccccc3C2)CN1. The predicted molar refractivity (Wildman–Crippen MR) is 196 cm³/mol. The van der Waals surface area contributed by atoms with Crippen molar-refractivity contribution in [2.45, 2.75) is 75.8 Å². The number of nitrogens with zero attached hydrogens (tertiary/aromatic N) is 1. The van der Waals surface area contributed by atoms with Gasteiger partial charge >= 0.3 is 18.0 Å². The molecule has 11 nitrogen and oxygen atoms in total. The van der Waals surface area contributed by atoms with Crippen LogP contribution < -0.4 is 20.1 Å². The third kappa shape index (κ3) is 8.72. The first kappa shape index (κ1) is 35.8. The van der Waals surface area contributed by atoms with Crippen molar-refractivity contribution < 1.29 is 38.4 Å². The van der Waals surface area contributed by atoms with E-state index < -0.39 is 24.1 Å². The molecule has 3 N–H and O–H groups in total. The number of esters is 1. The molecule has 3 aromatic carbocycles. The summed E-state index contributed by atoms with van der Waals surface area (Å²) in [5.74, 6) is 6.13. The summed E-state index contributed by atoms with van der Waals surface area (Å²) in [7, 11) is 1.37. The third-order valence-electron chi connectivity index (χ3n) is 10.2. The normalized spacial score (nSPS) is 20.8. The summed E-state index contributed by atoms with van der Waals surface area (Å²) in [6, 6.07) is 24.0. The van der Waals surface area contributed by atoms with Gasteiger partial charge < -0.3 is 34.7 Å². The number of amides is 1. The molecule has 1 aromatic heterocycles. The zero-order valence-corrected chi connectivity index (χ0v) is 29.6. The second-order valence-electron chi connectivity index (χ2n) is 13.9. The Hall–Kier alpha value is -5.60. The van der Waals surface area contributed by atoms with Gasteiger partial charge in [-0.05, 0) is 72.8 Å². The van der Waals surface area contributed by atoms with Crippen LogP contribution in [0.1, 0.15) is 54.4 Å². The second-order valence-corrected chi connectivity index (χ2v) is 13.9. The molecule has 1 aliphatic heterocycles. The van der Waals surface area contributed by atoms with Crippen molar-refractivity contribution in [3.8, 4) is 23.5 Å². The van der Waals surface area contributed by atoms with Gasteiger partial charge in [-0.2, -0.15) is 0 Å². The fraction of sp³-hybridized carbons (Fsp3) is 0.381. The van der Waals surface area contributed by atoms with Gasteiger partial charge in [-0.25, -0.2) is 14.6 Å². The molecule has 0 spiro atoms. The minimum absolute atomic E-state index is 0.199. The minimum atomic E-state index is -1.06. The Morgan fingerprint density at radius 1 is 0.981 bits per heavy atom. The van der Waals surface area contributed by atoms with E-state index in [4.69, 9.17) is 23.9 Å². The van der Waals surface area contributed by atoms with E-state index in [1.54, 1.807) is 0 Å². The van der Waals surface area contributed by atoms with Gasteiger partial charge in [0, 0.05) is 24.8 Å². The maximum Gasteiger partial charge on any atom is 0.408 e. The van der Waals surface area contributed by atoms with Gasteiger partial charge in [0.2, 0.25) is 5.88 Å². The number of methoxy groups -OCH3 is 1. The Kier molecular flexibility index (Phi) is 11.1.